The lowest BCUT2D eigenvalue weighted by Gasteiger charge is -2.08. The summed E-state index contributed by atoms with van der Waals surface area (Å²) in [5, 5.41) is 0. The molecule has 0 saturated carbocycles. The van der Waals surface area contributed by atoms with E-state index in [1.165, 1.54) is 5.56 Å². The molecular weight excluding hydrogens is 322 g/mol. The lowest BCUT2D eigenvalue weighted by molar-refractivity contribution is 1.03. The Labute approximate surface area is 124 Å². The molecule has 0 fully saturated rings. The van der Waals surface area contributed by atoms with E-state index in [1.54, 1.807) is 0 Å². The first-order valence-electron chi connectivity index (χ1n) is 5.91. The van der Waals surface area contributed by atoms with Crippen molar-refractivity contribution in [2.45, 2.75) is 13.8 Å². The molecule has 0 amide bonds. The number of aryl methyl sites for hydroxylation is 2. The third-order valence-electron chi connectivity index (χ3n) is 3.07. The highest BCUT2D eigenvalue weighted by molar-refractivity contribution is 9.10. The molecule has 3 aromatic rings. The van der Waals surface area contributed by atoms with Crippen LogP contribution in [-0.4, -0.2) is 14.5 Å². The molecule has 3 nitrogen and oxygen atoms in total. The number of hydrogen-bond donors (Lipinski definition) is 1. The molecule has 1 aromatic carbocycles. The minimum absolute atomic E-state index is 0.652. The summed E-state index contributed by atoms with van der Waals surface area (Å²) in [6.45, 7) is 4.08. The SMILES string of the molecule is Cc1cnc2c(c1)[nH]c(=S)n2-c1cccc(C)c1Br. The van der Waals surface area contributed by atoms with E-state index < -0.39 is 0 Å². The summed E-state index contributed by atoms with van der Waals surface area (Å²) in [4.78, 5) is 7.70. The van der Waals surface area contributed by atoms with Gasteiger partial charge in [-0.3, -0.25) is 4.57 Å². The Morgan fingerprint density at radius 3 is 2.89 bits per heavy atom. The largest absolute Gasteiger partial charge is 0.329 e. The second-order valence-corrected chi connectivity index (χ2v) is 5.74. The highest BCUT2D eigenvalue weighted by Crippen LogP contribution is 2.27. The van der Waals surface area contributed by atoms with E-state index in [0.29, 0.717) is 4.77 Å². The Balaban J connectivity index is 2.40. The number of imidazole rings is 1. The molecule has 0 saturated heterocycles. The predicted octanol–water partition coefficient (Wildman–Crippen LogP) is 4.46. The van der Waals surface area contributed by atoms with Gasteiger partial charge in [0.1, 0.15) is 0 Å². The Hall–Kier alpha value is -1.46. The van der Waals surface area contributed by atoms with Crippen LogP contribution in [0.1, 0.15) is 11.1 Å². The summed E-state index contributed by atoms with van der Waals surface area (Å²) in [7, 11) is 0. The third-order valence-corrected chi connectivity index (χ3v) is 4.39. The normalized spacial score (nSPS) is 11.1. The molecule has 19 heavy (non-hydrogen) atoms. The number of hydrogen-bond acceptors (Lipinski definition) is 2. The summed E-state index contributed by atoms with van der Waals surface area (Å²) in [6.07, 6.45) is 1.85. The Morgan fingerprint density at radius 1 is 1.32 bits per heavy atom. The zero-order chi connectivity index (χ0) is 13.6. The van der Waals surface area contributed by atoms with Gasteiger partial charge in [-0.2, -0.15) is 0 Å². The fourth-order valence-corrected chi connectivity index (χ4v) is 2.86. The first-order valence-corrected chi connectivity index (χ1v) is 7.11. The van der Waals surface area contributed by atoms with Crippen LogP contribution in [0.15, 0.2) is 34.9 Å². The topological polar surface area (TPSA) is 33.6 Å². The van der Waals surface area contributed by atoms with Crippen molar-refractivity contribution in [3.8, 4) is 5.69 Å². The van der Waals surface area contributed by atoms with Crippen molar-refractivity contribution in [1.29, 1.82) is 0 Å². The van der Waals surface area contributed by atoms with E-state index in [9.17, 15) is 0 Å². The zero-order valence-electron chi connectivity index (χ0n) is 10.6. The monoisotopic (exact) mass is 333 g/mol. The van der Waals surface area contributed by atoms with Crippen molar-refractivity contribution < 1.29 is 0 Å². The van der Waals surface area contributed by atoms with Crippen molar-refractivity contribution in [1.82, 2.24) is 14.5 Å². The van der Waals surface area contributed by atoms with Crippen LogP contribution in [0.3, 0.4) is 0 Å². The molecule has 2 heterocycles. The molecule has 0 bridgehead atoms. The van der Waals surface area contributed by atoms with Crippen molar-refractivity contribution >= 4 is 39.3 Å². The molecule has 5 heteroatoms. The first-order chi connectivity index (χ1) is 9.08. The first kappa shape index (κ1) is 12.6. The van der Waals surface area contributed by atoms with Crippen molar-refractivity contribution in [2.75, 3.05) is 0 Å². The summed E-state index contributed by atoms with van der Waals surface area (Å²) in [6, 6.07) is 8.16. The fraction of sp³-hybridized carbons (Fsp3) is 0.143. The number of nitrogens with one attached hydrogen (secondary N) is 1. The third kappa shape index (κ3) is 2.03. The van der Waals surface area contributed by atoms with E-state index in [1.807, 2.05) is 29.8 Å². The molecule has 0 aliphatic rings. The van der Waals surface area contributed by atoms with Gasteiger partial charge in [0.15, 0.2) is 10.4 Å². The summed E-state index contributed by atoms with van der Waals surface area (Å²) in [5.74, 6) is 0. The van der Waals surface area contributed by atoms with Gasteiger partial charge in [-0.15, -0.1) is 0 Å². The maximum Gasteiger partial charge on any atom is 0.184 e. The molecule has 0 radical (unpaired) electrons. The second kappa shape index (κ2) is 4.58. The number of rotatable bonds is 1. The van der Waals surface area contributed by atoms with E-state index >= 15 is 0 Å². The standard InChI is InChI=1S/C14H12BrN3S/c1-8-6-10-13(16-7-8)18(14(19)17-10)11-5-3-4-9(2)12(11)15/h3-7H,1-2H3,(H,17,19). The molecule has 0 spiro atoms. The molecular formula is C14H12BrN3S. The number of fused-ring (bicyclic) bond motifs is 1. The van der Waals surface area contributed by atoms with Crippen molar-refractivity contribution in [3.05, 3.63) is 50.8 Å². The number of halogens is 1. The average Bonchev–Trinajstić information content (AvgIpc) is 2.68. The maximum atomic E-state index is 5.43. The van der Waals surface area contributed by atoms with E-state index in [4.69, 9.17) is 12.2 Å². The molecule has 3 rings (SSSR count). The van der Waals surface area contributed by atoms with Crippen LogP contribution in [0.25, 0.3) is 16.9 Å². The number of H-pyrrole nitrogens is 1. The van der Waals surface area contributed by atoms with Gasteiger partial charge < -0.3 is 4.98 Å². The van der Waals surface area contributed by atoms with Gasteiger partial charge in [-0.1, -0.05) is 12.1 Å². The van der Waals surface area contributed by atoms with Gasteiger partial charge in [-0.05, 0) is 65.3 Å². The van der Waals surface area contributed by atoms with Gasteiger partial charge >= 0.3 is 0 Å². The molecule has 0 aliphatic heterocycles. The molecule has 1 N–H and O–H groups in total. The van der Waals surface area contributed by atoms with Crippen LogP contribution in [0, 0.1) is 18.6 Å². The second-order valence-electron chi connectivity index (χ2n) is 4.56. The zero-order valence-corrected chi connectivity index (χ0v) is 13.0. The minimum Gasteiger partial charge on any atom is -0.329 e. The van der Waals surface area contributed by atoms with E-state index in [0.717, 1.165) is 26.9 Å². The summed E-state index contributed by atoms with van der Waals surface area (Å²) in [5.41, 5.74) is 5.09. The average molecular weight is 334 g/mol. The van der Waals surface area contributed by atoms with E-state index in [2.05, 4.69) is 45.0 Å². The Kier molecular flexibility index (Phi) is 3.03. The van der Waals surface area contributed by atoms with Crippen molar-refractivity contribution in [3.63, 3.8) is 0 Å². The van der Waals surface area contributed by atoms with Crippen LogP contribution in [0.2, 0.25) is 0 Å². The molecule has 96 valence electrons. The number of pyridine rings is 1. The number of benzene rings is 1. The lowest BCUT2D eigenvalue weighted by atomic mass is 10.2. The van der Waals surface area contributed by atoms with Crippen LogP contribution in [-0.2, 0) is 0 Å². The molecule has 0 unspecified atom stereocenters. The van der Waals surface area contributed by atoms with Crippen LogP contribution in [0.4, 0.5) is 0 Å². The van der Waals surface area contributed by atoms with Crippen LogP contribution >= 0.6 is 28.1 Å². The maximum absolute atomic E-state index is 5.43. The van der Waals surface area contributed by atoms with Gasteiger partial charge in [0.25, 0.3) is 0 Å². The van der Waals surface area contributed by atoms with Gasteiger partial charge in [0.05, 0.1) is 11.2 Å². The molecule has 0 aliphatic carbocycles. The van der Waals surface area contributed by atoms with Gasteiger partial charge in [0, 0.05) is 10.7 Å². The van der Waals surface area contributed by atoms with Gasteiger partial charge in [0.2, 0.25) is 0 Å². The highest BCUT2D eigenvalue weighted by atomic mass is 79.9. The Bertz CT molecular complexity index is 832. The van der Waals surface area contributed by atoms with E-state index in [-0.39, 0.29) is 0 Å². The number of aromatic nitrogens is 3. The smallest absolute Gasteiger partial charge is 0.184 e. The molecule has 0 atom stereocenters. The van der Waals surface area contributed by atoms with Crippen molar-refractivity contribution in [2.24, 2.45) is 0 Å². The minimum atomic E-state index is 0.652. The van der Waals surface area contributed by atoms with Crippen LogP contribution in [0.5, 0.6) is 0 Å². The van der Waals surface area contributed by atoms with Crippen LogP contribution < -0.4 is 0 Å². The highest BCUT2D eigenvalue weighted by Gasteiger charge is 2.11. The fourth-order valence-electron chi connectivity index (χ4n) is 2.13. The number of nitrogens with zero attached hydrogens (tertiary/aromatic N) is 2. The van der Waals surface area contributed by atoms with Gasteiger partial charge in [-0.25, -0.2) is 4.98 Å². The quantitative estimate of drug-likeness (QED) is 0.667. The Morgan fingerprint density at radius 2 is 2.11 bits per heavy atom. The molecule has 2 aromatic heterocycles. The predicted molar refractivity (Wildman–Crippen MR) is 83.4 cm³/mol. The number of aromatic amines is 1. The summed E-state index contributed by atoms with van der Waals surface area (Å²) < 4.78 is 3.65. The summed E-state index contributed by atoms with van der Waals surface area (Å²) >= 11 is 9.05. The lowest BCUT2D eigenvalue weighted by Crippen LogP contribution is -1.97.